The predicted molar refractivity (Wildman–Crippen MR) is 72.2 cm³/mol. The molecule has 108 valence electrons. The number of hydrogen-bond acceptors (Lipinski definition) is 5. The molecule has 0 radical (unpaired) electrons. The minimum Gasteiger partial charge on any atom is -0.378 e. The Labute approximate surface area is 116 Å². The highest BCUT2D eigenvalue weighted by Gasteiger charge is 2.25. The highest BCUT2D eigenvalue weighted by atomic mass is 16.6. The molecule has 1 heterocycles. The zero-order valence-electron chi connectivity index (χ0n) is 11.2. The number of nitro groups is 1. The van der Waals surface area contributed by atoms with E-state index in [-0.39, 0.29) is 24.2 Å². The summed E-state index contributed by atoms with van der Waals surface area (Å²) in [4.78, 5) is 24.2. The molecule has 1 aliphatic heterocycles. The van der Waals surface area contributed by atoms with Crippen LogP contribution in [0.25, 0.3) is 0 Å². The molecule has 7 heteroatoms. The van der Waals surface area contributed by atoms with Gasteiger partial charge >= 0.3 is 0 Å². The van der Waals surface area contributed by atoms with Crippen molar-refractivity contribution in [2.24, 2.45) is 0 Å². The van der Waals surface area contributed by atoms with Crippen molar-refractivity contribution in [1.29, 1.82) is 0 Å². The summed E-state index contributed by atoms with van der Waals surface area (Å²) < 4.78 is 5.25. The maximum atomic E-state index is 12.2. The quantitative estimate of drug-likeness (QED) is 0.642. The third-order valence-electron chi connectivity index (χ3n) is 3.19. The van der Waals surface area contributed by atoms with Gasteiger partial charge in [-0.1, -0.05) is 18.2 Å². The molecule has 1 atom stereocenters. The van der Waals surface area contributed by atoms with E-state index < -0.39 is 4.92 Å². The Morgan fingerprint density at radius 2 is 2.30 bits per heavy atom. The van der Waals surface area contributed by atoms with E-state index in [4.69, 9.17) is 4.74 Å². The van der Waals surface area contributed by atoms with Gasteiger partial charge in [0.15, 0.2) is 0 Å². The lowest BCUT2D eigenvalue weighted by molar-refractivity contribution is -0.385. The van der Waals surface area contributed by atoms with Crippen molar-refractivity contribution >= 4 is 11.6 Å². The Morgan fingerprint density at radius 3 is 2.95 bits per heavy atom. The zero-order chi connectivity index (χ0) is 14.5. The summed E-state index contributed by atoms with van der Waals surface area (Å²) in [6.45, 7) is 1.77. The fourth-order valence-corrected chi connectivity index (χ4v) is 2.15. The molecular weight excluding hydrogens is 262 g/mol. The average molecular weight is 279 g/mol. The lowest BCUT2D eigenvalue weighted by Crippen LogP contribution is -2.51. The van der Waals surface area contributed by atoms with Gasteiger partial charge in [0.1, 0.15) is 6.04 Å². The summed E-state index contributed by atoms with van der Waals surface area (Å²) in [5.74, 6) is -0.122. The highest BCUT2D eigenvalue weighted by Crippen LogP contribution is 2.19. The maximum absolute atomic E-state index is 12.2. The number of amides is 1. The number of nitrogens with zero attached hydrogens (tertiary/aromatic N) is 2. The fraction of sp³-hybridized carbons (Fsp3) is 0.462. The molecule has 0 bridgehead atoms. The van der Waals surface area contributed by atoms with Crippen LogP contribution in [0.5, 0.6) is 0 Å². The molecule has 1 aliphatic rings. The molecule has 2 rings (SSSR count). The minimum absolute atomic E-state index is 0.0278. The average Bonchev–Trinajstić information content (AvgIpc) is 2.47. The summed E-state index contributed by atoms with van der Waals surface area (Å²) in [7, 11) is 1.63. The van der Waals surface area contributed by atoms with Crippen LogP contribution in [0.2, 0.25) is 0 Å². The third-order valence-corrected chi connectivity index (χ3v) is 3.19. The molecule has 0 aliphatic carbocycles. The third kappa shape index (κ3) is 3.31. The fourth-order valence-electron chi connectivity index (χ4n) is 2.15. The molecule has 7 nitrogen and oxygen atoms in total. The van der Waals surface area contributed by atoms with Crippen molar-refractivity contribution in [1.82, 2.24) is 10.2 Å². The second-order valence-electron chi connectivity index (χ2n) is 4.66. The van der Waals surface area contributed by atoms with Gasteiger partial charge in [0.2, 0.25) is 5.91 Å². The molecule has 1 fully saturated rings. The van der Waals surface area contributed by atoms with Crippen molar-refractivity contribution in [3.63, 3.8) is 0 Å². The van der Waals surface area contributed by atoms with E-state index in [1.807, 2.05) is 0 Å². The summed E-state index contributed by atoms with van der Waals surface area (Å²) in [5.41, 5.74) is 0.546. The van der Waals surface area contributed by atoms with Crippen LogP contribution in [-0.4, -0.2) is 48.6 Å². The van der Waals surface area contributed by atoms with Gasteiger partial charge in [-0.3, -0.25) is 14.9 Å². The van der Waals surface area contributed by atoms with Gasteiger partial charge in [-0.2, -0.15) is 0 Å². The number of nitro benzene ring substituents is 1. The first kappa shape index (κ1) is 14.4. The number of likely N-dealkylation sites (N-methyl/N-ethyl adjacent to an activating group) is 1. The molecule has 1 N–H and O–H groups in total. The monoisotopic (exact) mass is 279 g/mol. The highest BCUT2D eigenvalue weighted by molar-refractivity contribution is 5.82. The van der Waals surface area contributed by atoms with E-state index >= 15 is 0 Å². The second kappa shape index (κ2) is 6.44. The number of carbonyl (C=O) groups excluding carboxylic acids is 1. The summed E-state index contributed by atoms with van der Waals surface area (Å²) in [5, 5.41) is 14.0. The van der Waals surface area contributed by atoms with Crippen molar-refractivity contribution < 1.29 is 14.5 Å². The first-order valence-corrected chi connectivity index (χ1v) is 6.38. The molecule has 1 aromatic rings. The van der Waals surface area contributed by atoms with E-state index in [1.54, 1.807) is 25.2 Å². The number of ether oxygens (including phenoxy) is 1. The summed E-state index contributed by atoms with van der Waals surface area (Å²) >= 11 is 0. The number of rotatable bonds is 4. The van der Waals surface area contributed by atoms with Crippen LogP contribution in [-0.2, 0) is 16.1 Å². The van der Waals surface area contributed by atoms with Crippen LogP contribution in [0.3, 0.4) is 0 Å². The summed E-state index contributed by atoms with van der Waals surface area (Å²) in [6, 6.07) is 6.06. The number of benzene rings is 1. The first-order valence-electron chi connectivity index (χ1n) is 6.38. The van der Waals surface area contributed by atoms with Crippen molar-refractivity contribution in [3.05, 3.63) is 39.9 Å². The molecule has 1 unspecified atom stereocenters. The van der Waals surface area contributed by atoms with Crippen LogP contribution in [0.15, 0.2) is 24.3 Å². The van der Waals surface area contributed by atoms with Gasteiger partial charge in [0.25, 0.3) is 5.69 Å². The van der Waals surface area contributed by atoms with Crippen LogP contribution < -0.4 is 5.32 Å². The lowest BCUT2D eigenvalue weighted by atomic mass is 10.1. The van der Waals surface area contributed by atoms with Gasteiger partial charge in [0.05, 0.1) is 24.7 Å². The van der Waals surface area contributed by atoms with E-state index in [9.17, 15) is 14.9 Å². The van der Waals surface area contributed by atoms with Crippen LogP contribution >= 0.6 is 0 Å². The number of carbonyl (C=O) groups is 1. The molecule has 1 aromatic carbocycles. The Hall–Kier alpha value is -1.99. The van der Waals surface area contributed by atoms with Gasteiger partial charge in [-0.15, -0.1) is 0 Å². The molecule has 1 amide bonds. The number of nitrogens with one attached hydrogen (secondary N) is 1. The van der Waals surface area contributed by atoms with E-state index in [0.717, 1.165) is 0 Å². The standard InChI is InChI=1S/C13H17N3O4/c1-15(13(17)11-9-20-7-6-14-11)8-10-4-2-3-5-12(10)16(18)19/h2-5,11,14H,6-9H2,1H3. The maximum Gasteiger partial charge on any atom is 0.274 e. The molecule has 1 saturated heterocycles. The van der Waals surface area contributed by atoms with Gasteiger partial charge in [-0.05, 0) is 0 Å². The van der Waals surface area contributed by atoms with Crippen molar-refractivity contribution in [3.8, 4) is 0 Å². The second-order valence-corrected chi connectivity index (χ2v) is 4.66. The first-order chi connectivity index (χ1) is 9.59. The van der Waals surface area contributed by atoms with E-state index in [0.29, 0.717) is 25.3 Å². The SMILES string of the molecule is CN(Cc1ccccc1[N+](=O)[O-])C(=O)C1COCCN1. The van der Waals surface area contributed by atoms with Gasteiger partial charge < -0.3 is 15.0 Å². The Bertz CT molecular complexity index is 500. The van der Waals surface area contributed by atoms with Crippen molar-refractivity contribution in [2.75, 3.05) is 26.8 Å². The Balaban J connectivity index is 2.05. The molecule has 20 heavy (non-hydrogen) atoms. The number of hydrogen-bond donors (Lipinski definition) is 1. The Kier molecular flexibility index (Phi) is 4.65. The predicted octanol–water partition coefficient (Wildman–Crippen LogP) is 0.542. The largest absolute Gasteiger partial charge is 0.378 e. The number of para-hydroxylation sites is 1. The molecule has 0 spiro atoms. The molecular formula is C13H17N3O4. The topological polar surface area (TPSA) is 84.7 Å². The molecule has 0 aromatic heterocycles. The van der Waals surface area contributed by atoms with Gasteiger partial charge in [0, 0.05) is 25.2 Å². The smallest absolute Gasteiger partial charge is 0.274 e. The van der Waals surface area contributed by atoms with Crippen LogP contribution in [0.1, 0.15) is 5.56 Å². The van der Waals surface area contributed by atoms with E-state index in [2.05, 4.69) is 5.32 Å². The Morgan fingerprint density at radius 1 is 1.55 bits per heavy atom. The van der Waals surface area contributed by atoms with E-state index in [1.165, 1.54) is 11.0 Å². The molecule has 0 saturated carbocycles. The van der Waals surface area contributed by atoms with Gasteiger partial charge in [-0.25, -0.2) is 0 Å². The van der Waals surface area contributed by atoms with Crippen LogP contribution in [0, 0.1) is 10.1 Å². The summed E-state index contributed by atoms with van der Waals surface area (Å²) in [6.07, 6.45) is 0. The minimum atomic E-state index is -0.435. The lowest BCUT2D eigenvalue weighted by Gasteiger charge is -2.27. The van der Waals surface area contributed by atoms with Crippen LogP contribution in [0.4, 0.5) is 5.69 Å². The normalized spacial score (nSPS) is 18.6. The van der Waals surface area contributed by atoms with Crippen molar-refractivity contribution in [2.45, 2.75) is 12.6 Å². The zero-order valence-corrected chi connectivity index (χ0v) is 11.2. The number of morpholine rings is 1.